The number of benzene rings is 2. The normalized spacial score (nSPS) is 11.7. The molecule has 0 unspecified atom stereocenters. The van der Waals surface area contributed by atoms with Gasteiger partial charge in [-0.25, -0.2) is 4.79 Å². The average molecular weight is 562 g/mol. The van der Waals surface area contributed by atoms with Gasteiger partial charge >= 0.3 is 12.1 Å². The average Bonchev–Trinajstić information content (AvgIpc) is 2.94. The molecule has 2 aromatic carbocycles. The molecular formula is C28H34F3N5O4. The number of hydrogen-bond donors (Lipinski definition) is 4. The van der Waals surface area contributed by atoms with Crippen LogP contribution in [0.2, 0.25) is 0 Å². The fraction of sp³-hybridized carbons (Fsp3) is 0.357. The second kappa shape index (κ2) is 16.2. The second-order valence-electron chi connectivity index (χ2n) is 8.89. The summed E-state index contributed by atoms with van der Waals surface area (Å²) in [6.07, 6.45) is -0.529. The molecule has 3 aromatic rings. The zero-order valence-electron chi connectivity index (χ0n) is 21.9. The number of fused-ring (bicyclic) bond motifs is 1. The number of nitrogens with two attached hydrogens (primary N) is 2. The van der Waals surface area contributed by atoms with Crippen molar-refractivity contribution in [3.63, 3.8) is 0 Å². The van der Waals surface area contributed by atoms with Crippen LogP contribution in [0.4, 0.5) is 13.2 Å². The van der Waals surface area contributed by atoms with E-state index >= 15 is 0 Å². The first kappa shape index (κ1) is 32.2. The van der Waals surface area contributed by atoms with E-state index < -0.39 is 18.2 Å². The van der Waals surface area contributed by atoms with Crippen LogP contribution in [0, 0.1) is 0 Å². The number of amides is 2. The maximum atomic E-state index is 13.1. The second-order valence-corrected chi connectivity index (χ2v) is 8.89. The third-order valence-corrected chi connectivity index (χ3v) is 5.88. The molecule has 6 N–H and O–H groups in total. The van der Waals surface area contributed by atoms with E-state index in [1.54, 1.807) is 11.1 Å². The van der Waals surface area contributed by atoms with E-state index in [1.165, 1.54) is 5.56 Å². The van der Waals surface area contributed by atoms with Crippen molar-refractivity contribution in [3.8, 4) is 0 Å². The van der Waals surface area contributed by atoms with Gasteiger partial charge in [-0.2, -0.15) is 13.2 Å². The predicted octanol–water partition coefficient (Wildman–Crippen LogP) is 3.01. The van der Waals surface area contributed by atoms with Crippen molar-refractivity contribution in [2.45, 2.75) is 44.4 Å². The molecule has 40 heavy (non-hydrogen) atoms. The molecule has 216 valence electrons. The quantitative estimate of drug-likeness (QED) is 0.248. The molecular weight excluding hydrogens is 527 g/mol. The lowest BCUT2D eigenvalue weighted by Gasteiger charge is -2.31. The molecule has 0 saturated heterocycles. The summed E-state index contributed by atoms with van der Waals surface area (Å²) < 4.78 is 31.7. The van der Waals surface area contributed by atoms with E-state index in [4.69, 9.17) is 21.4 Å². The maximum Gasteiger partial charge on any atom is 0.490 e. The number of aliphatic carboxylic acids is 1. The van der Waals surface area contributed by atoms with Crippen LogP contribution in [-0.4, -0.2) is 64.6 Å². The number of aromatic nitrogens is 1. The number of nitrogens with one attached hydrogen (secondary N) is 1. The van der Waals surface area contributed by atoms with Crippen molar-refractivity contribution in [2.75, 3.05) is 19.6 Å². The first-order valence-corrected chi connectivity index (χ1v) is 12.7. The Labute approximate surface area is 230 Å². The standard InChI is InChI=1S/C26H33N5O2.C2HF3O2/c27-14-6-13-24(26(33)29-15-7-10-20-8-2-1-3-9-20)31(25(32)17-28)19-21-16-22-11-4-5-12-23(22)30-18-21;3-2(4,5)1(6)7/h1-5,8-9,11-12,16,18,24H,6-7,10,13-15,17,19,27-28H2,(H,29,33);(H,6,7)/t24-;/m0./s1. The van der Waals surface area contributed by atoms with Gasteiger partial charge in [-0.05, 0) is 55.5 Å². The Morgan fingerprint density at radius 3 is 2.25 bits per heavy atom. The highest BCUT2D eigenvalue weighted by atomic mass is 19.4. The number of hydrogen-bond acceptors (Lipinski definition) is 6. The molecule has 0 aliphatic carbocycles. The molecule has 1 heterocycles. The summed E-state index contributed by atoms with van der Waals surface area (Å²) in [6.45, 7) is 1.08. The highest BCUT2D eigenvalue weighted by molar-refractivity contribution is 5.88. The van der Waals surface area contributed by atoms with Gasteiger partial charge in [-0.15, -0.1) is 0 Å². The van der Waals surface area contributed by atoms with E-state index in [-0.39, 0.29) is 24.9 Å². The van der Waals surface area contributed by atoms with E-state index in [0.717, 1.165) is 29.3 Å². The Morgan fingerprint density at radius 2 is 1.62 bits per heavy atom. The number of aryl methyl sites for hydroxylation is 1. The van der Waals surface area contributed by atoms with Crippen LogP contribution in [0.1, 0.15) is 30.4 Å². The fourth-order valence-electron chi connectivity index (χ4n) is 3.90. The largest absolute Gasteiger partial charge is 0.490 e. The third kappa shape index (κ3) is 10.6. The van der Waals surface area contributed by atoms with E-state index in [1.807, 2.05) is 48.5 Å². The van der Waals surface area contributed by atoms with Crippen molar-refractivity contribution in [3.05, 3.63) is 78.0 Å². The molecule has 1 atom stereocenters. The van der Waals surface area contributed by atoms with Gasteiger partial charge in [0.2, 0.25) is 11.8 Å². The Hall–Kier alpha value is -4.03. The minimum absolute atomic E-state index is 0.165. The predicted molar refractivity (Wildman–Crippen MR) is 145 cm³/mol. The number of carboxylic acids is 1. The molecule has 0 fully saturated rings. The topological polar surface area (TPSA) is 152 Å². The fourth-order valence-corrected chi connectivity index (χ4v) is 3.90. The van der Waals surface area contributed by atoms with E-state index in [0.29, 0.717) is 25.9 Å². The summed E-state index contributed by atoms with van der Waals surface area (Å²) in [4.78, 5) is 40.8. The summed E-state index contributed by atoms with van der Waals surface area (Å²) in [5, 5.41) is 11.1. The highest BCUT2D eigenvalue weighted by Crippen LogP contribution is 2.17. The smallest absolute Gasteiger partial charge is 0.475 e. The molecule has 0 saturated carbocycles. The van der Waals surface area contributed by atoms with Gasteiger partial charge in [0.05, 0.1) is 12.1 Å². The minimum Gasteiger partial charge on any atom is -0.475 e. The lowest BCUT2D eigenvalue weighted by atomic mass is 10.1. The molecule has 9 nitrogen and oxygen atoms in total. The van der Waals surface area contributed by atoms with Crippen LogP contribution < -0.4 is 16.8 Å². The molecule has 0 bridgehead atoms. The Kier molecular flexibility index (Phi) is 13.0. The zero-order valence-corrected chi connectivity index (χ0v) is 21.9. The number of rotatable bonds is 12. The van der Waals surface area contributed by atoms with Crippen LogP contribution in [0.25, 0.3) is 10.9 Å². The molecule has 3 rings (SSSR count). The number of carbonyl (C=O) groups excluding carboxylic acids is 2. The molecule has 0 aliphatic rings. The van der Waals surface area contributed by atoms with Crippen LogP contribution in [0.5, 0.6) is 0 Å². The van der Waals surface area contributed by atoms with Gasteiger partial charge in [0, 0.05) is 24.7 Å². The summed E-state index contributed by atoms with van der Waals surface area (Å²) >= 11 is 0. The molecule has 12 heteroatoms. The van der Waals surface area contributed by atoms with Gasteiger partial charge in [-0.3, -0.25) is 14.6 Å². The Balaban J connectivity index is 0.000000708. The van der Waals surface area contributed by atoms with E-state index in [9.17, 15) is 22.8 Å². The Morgan fingerprint density at radius 1 is 0.975 bits per heavy atom. The summed E-state index contributed by atoms with van der Waals surface area (Å²) in [5.74, 6) is -3.20. The van der Waals surface area contributed by atoms with Crippen molar-refractivity contribution >= 4 is 28.7 Å². The van der Waals surface area contributed by atoms with Gasteiger partial charge < -0.3 is 26.8 Å². The number of carbonyl (C=O) groups is 3. The first-order chi connectivity index (χ1) is 19.1. The van der Waals surface area contributed by atoms with Crippen LogP contribution >= 0.6 is 0 Å². The summed E-state index contributed by atoms with van der Waals surface area (Å²) in [6, 6.07) is 19.3. The SMILES string of the molecule is NCCC[C@@H](C(=O)NCCCc1ccccc1)N(Cc1cnc2ccccc2c1)C(=O)CN.O=C(O)C(F)(F)F. The number of halogens is 3. The van der Waals surface area contributed by atoms with Crippen molar-refractivity contribution < 1.29 is 32.7 Å². The Bertz CT molecular complexity index is 1240. The molecule has 1 aromatic heterocycles. The maximum absolute atomic E-state index is 13.1. The van der Waals surface area contributed by atoms with Gasteiger partial charge in [0.15, 0.2) is 0 Å². The third-order valence-electron chi connectivity index (χ3n) is 5.88. The van der Waals surface area contributed by atoms with E-state index in [2.05, 4.69) is 22.4 Å². The van der Waals surface area contributed by atoms with Gasteiger partial charge in [0.1, 0.15) is 6.04 Å². The number of para-hydroxylation sites is 1. The number of alkyl halides is 3. The summed E-state index contributed by atoms with van der Waals surface area (Å²) in [7, 11) is 0. The number of pyridine rings is 1. The molecule has 0 aliphatic heterocycles. The van der Waals surface area contributed by atoms with Crippen LogP contribution in [0.3, 0.4) is 0 Å². The monoisotopic (exact) mass is 561 g/mol. The molecule has 2 amide bonds. The lowest BCUT2D eigenvalue weighted by Crippen LogP contribution is -2.51. The molecule has 0 spiro atoms. The zero-order chi connectivity index (χ0) is 29.5. The summed E-state index contributed by atoms with van der Waals surface area (Å²) in [5.41, 5.74) is 14.4. The van der Waals surface area contributed by atoms with Crippen molar-refractivity contribution in [1.82, 2.24) is 15.2 Å². The van der Waals surface area contributed by atoms with Crippen molar-refractivity contribution in [2.24, 2.45) is 11.5 Å². The minimum atomic E-state index is -5.08. The van der Waals surface area contributed by atoms with Crippen LogP contribution in [-0.2, 0) is 27.3 Å². The first-order valence-electron chi connectivity index (χ1n) is 12.7. The van der Waals surface area contributed by atoms with Gasteiger partial charge in [0.25, 0.3) is 0 Å². The van der Waals surface area contributed by atoms with Crippen LogP contribution in [0.15, 0.2) is 66.9 Å². The van der Waals surface area contributed by atoms with Gasteiger partial charge in [-0.1, -0.05) is 48.5 Å². The molecule has 0 radical (unpaired) electrons. The number of nitrogens with zero attached hydrogens (tertiary/aromatic N) is 2. The lowest BCUT2D eigenvalue weighted by molar-refractivity contribution is -0.192. The number of carboxylic acid groups (broad SMARTS) is 1. The highest BCUT2D eigenvalue weighted by Gasteiger charge is 2.38. The van der Waals surface area contributed by atoms with Crippen molar-refractivity contribution in [1.29, 1.82) is 0 Å².